The fourth-order valence-corrected chi connectivity index (χ4v) is 3.50. The number of ether oxygens (including phenoxy) is 1. The van der Waals surface area contributed by atoms with E-state index >= 15 is 0 Å². The number of sulfone groups is 1. The van der Waals surface area contributed by atoms with Gasteiger partial charge in [0, 0.05) is 12.8 Å². The van der Waals surface area contributed by atoms with Crippen molar-refractivity contribution < 1.29 is 13.2 Å². The van der Waals surface area contributed by atoms with E-state index in [0.717, 1.165) is 19.1 Å². The lowest BCUT2D eigenvalue weighted by Crippen LogP contribution is -2.20. The molecule has 1 saturated carbocycles. The fraction of sp³-hybridized carbons (Fsp3) is 0.600. The Labute approximate surface area is 126 Å². The SMILES string of the molecule is CS(=O)(=O)c1cccc(NCCOC2CCCCC2)c1N. The van der Waals surface area contributed by atoms with E-state index in [1.165, 1.54) is 25.3 Å². The van der Waals surface area contributed by atoms with Gasteiger partial charge in [-0.25, -0.2) is 8.42 Å². The van der Waals surface area contributed by atoms with Crippen molar-refractivity contribution in [2.75, 3.05) is 30.5 Å². The predicted octanol–water partition coefficient (Wildman–Crippen LogP) is 2.43. The maximum absolute atomic E-state index is 11.6. The highest BCUT2D eigenvalue weighted by molar-refractivity contribution is 7.90. The molecule has 0 aliphatic heterocycles. The van der Waals surface area contributed by atoms with Crippen LogP contribution in [0.3, 0.4) is 0 Å². The van der Waals surface area contributed by atoms with Crippen LogP contribution in [0.15, 0.2) is 23.1 Å². The van der Waals surface area contributed by atoms with Gasteiger partial charge in [-0.05, 0) is 25.0 Å². The highest BCUT2D eigenvalue weighted by Gasteiger charge is 2.15. The van der Waals surface area contributed by atoms with Crippen LogP contribution in [-0.4, -0.2) is 33.9 Å². The van der Waals surface area contributed by atoms with Gasteiger partial charge in [0.2, 0.25) is 0 Å². The van der Waals surface area contributed by atoms with Crippen LogP contribution >= 0.6 is 0 Å². The molecule has 1 aromatic carbocycles. The molecule has 118 valence electrons. The lowest BCUT2D eigenvalue weighted by molar-refractivity contribution is 0.0347. The first-order valence-electron chi connectivity index (χ1n) is 7.42. The number of rotatable bonds is 6. The van der Waals surface area contributed by atoms with Gasteiger partial charge in [0.15, 0.2) is 9.84 Å². The second kappa shape index (κ2) is 7.13. The predicted molar refractivity (Wildman–Crippen MR) is 85.3 cm³/mol. The van der Waals surface area contributed by atoms with Gasteiger partial charge in [0.25, 0.3) is 0 Å². The Balaban J connectivity index is 1.86. The van der Waals surface area contributed by atoms with E-state index in [2.05, 4.69) is 5.32 Å². The fourth-order valence-electron chi connectivity index (χ4n) is 2.66. The first kappa shape index (κ1) is 16.1. The van der Waals surface area contributed by atoms with Crippen molar-refractivity contribution in [2.24, 2.45) is 0 Å². The standard InChI is InChI=1S/C15H24N2O3S/c1-21(18,19)14-9-5-8-13(15(14)16)17-10-11-20-12-6-3-2-4-7-12/h5,8-9,12,17H,2-4,6-7,10-11,16H2,1H3. The Bertz CT molecular complexity index is 566. The number of anilines is 2. The summed E-state index contributed by atoms with van der Waals surface area (Å²) in [6.07, 6.45) is 7.64. The number of hydrogen-bond acceptors (Lipinski definition) is 5. The molecule has 0 amide bonds. The first-order valence-corrected chi connectivity index (χ1v) is 9.31. The molecule has 0 spiro atoms. The minimum atomic E-state index is -3.30. The molecule has 21 heavy (non-hydrogen) atoms. The normalized spacial score (nSPS) is 16.8. The van der Waals surface area contributed by atoms with Gasteiger partial charge < -0.3 is 15.8 Å². The van der Waals surface area contributed by atoms with Crippen molar-refractivity contribution in [2.45, 2.75) is 43.1 Å². The van der Waals surface area contributed by atoms with Gasteiger partial charge in [-0.1, -0.05) is 25.3 Å². The topological polar surface area (TPSA) is 81.4 Å². The molecule has 1 aliphatic carbocycles. The summed E-state index contributed by atoms with van der Waals surface area (Å²) >= 11 is 0. The summed E-state index contributed by atoms with van der Waals surface area (Å²) < 4.78 is 29.0. The molecule has 0 unspecified atom stereocenters. The van der Waals surface area contributed by atoms with Crippen LogP contribution < -0.4 is 11.1 Å². The van der Waals surface area contributed by atoms with Crippen molar-refractivity contribution in [1.29, 1.82) is 0 Å². The lowest BCUT2D eigenvalue weighted by Gasteiger charge is -2.22. The zero-order valence-corrected chi connectivity index (χ0v) is 13.3. The van der Waals surface area contributed by atoms with E-state index in [0.29, 0.717) is 24.9 Å². The number of para-hydroxylation sites is 1. The van der Waals surface area contributed by atoms with Gasteiger partial charge in [-0.3, -0.25) is 0 Å². The van der Waals surface area contributed by atoms with Gasteiger partial charge in [-0.15, -0.1) is 0 Å². The van der Waals surface area contributed by atoms with Crippen molar-refractivity contribution in [3.05, 3.63) is 18.2 Å². The summed E-state index contributed by atoms with van der Waals surface area (Å²) in [6, 6.07) is 5.00. The van der Waals surface area contributed by atoms with Crippen LogP contribution in [0.1, 0.15) is 32.1 Å². The molecular weight excluding hydrogens is 288 g/mol. The molecule has 6 heteroatoms. The summed E-state index contributed by atoms with van der Waals surface area (Å²) in [7, 11) is -3.30. The van der Waals surface area contributed by atoms with E-state index in [1.807, 2.05) is 0 Å². The zero-order chi connectivity index (χ0) is 15.3. The number of nitrogen functional groups attached to an aromatic ring is 1. The van der Waals surface area contributed by atoms with Crippen LogP contribution in [0.2, 0.25) is 0 Å². The van der Waals surface area contributed by atoms with E-state index < -0.39 is 9.84 Å². The van der Waals surface area contributed by atoms with Crippen LogP contribution in [0.4, 0.5) is 11.4 Å². The third kappa shape index (κ3) is 4.61. The zero-order valence-electron chi connectivity index (χ0n) is 12.5. The van der Waals surface area contributed by atoms with Crippen molar-refractivity contribution >= 4 is 21.2 Å². The van der Waals surface area contributed by atoms with Gasteiger partial charge >= 0.3 is 0 Å². The molecule has 2 rings (SSSR count). The van der Waals surface area contributed by atoms with Crippen LogP contribution in [-0.2, 0) is 14.6 Å². The first-order chi connectivity index (χ1) is 9.98. The minimum Gasteiger partial charge on any atom is -0.396 e. The molecule has 5 nitrogen and oxygen atoms in total. The van der Waals surface area contributed by atoms with Gasteiger partial charge in [-0.2, -0.15) is 0 Å². The summed E-state index contributed by atoms with van der Waals surface area (Å²) in [6.45, 7) is 1.22. The minimum absolute atomic E-state index is 0.167. The molecule has 0 radical (unpaired) electrons. The number of nitrogens with one attached hydrogen (secondary N) is 1. The molecule has 0 saturated heterocycles. The summed E-state index contributed by atoms with van der Waals surface area (Å²) in [5, 5.41) is 3.15. The molecule has 0 heterocycles. The molecular formula is C15H24N2O3S. The third-order valence-corrected chi connectivity index (χ3v) is 4.94. The second-order valence-corrected chi connectivity index (χ2v) is 7.53. The average Bonchev–Trinajstić information content (AvgIpc) is 2.45. The van der Waals surface area contributed by atoms with Gasteiger partial charge in [0.1, 0.15) is 0 Å². The molecule has 0 atom stereocenters. The maximum Gasteiger partial charge on any atom is 0.177 e. The molecule has 1 fully saturated rings. The molecule has 0 bridgehead atoms. The van der Waals surface area contributed by atoms with Crippen LogP contribution in [0.5, 0.6) is 0 Å². The average molecular weight is 312 g/mol. The third-order valence-electron chi connectivity index (χ3n) is 3.79. The second-order valence-electron chi connectivity index (χ2n) is 5.55. The maximum atomic E-state index is 11.6. The van der Waals surface area contributed by atoms with E-state index in [-0.39, 0.29) is 10.6 Å². The summed E-state index contributed by atoms with van der Waals surface area (Å²) in [5.74, 6) is 0. The number of nitrogens with two attached hydrogens (primary N) is 1. The number of hydrogen-bond donors (Lipinski definition) is 2. The lowest BCUT2D eigenvalue weighted by atomic mass is 9.98. The van der Waals surface area contributed by atoms with E-state index in [4.69, 9.17) is 10.5 Å². The van der Waals surface area contributed by atoms with Crippen molar-refractivity contribution in [3.8, 4) is 0 Å². The Morgan fingerprint density at radius 1 is 1.29 bits per heavy atom. The Morgan fingerprint density at radius 2 is 2.00 bits per heavy atom. The van der Waals surface area contributed by atoms with Gasteiger partial charge in [0.05, 0.1) is 29.0 Å². The molecule has 3 N–H and O–H groups in total. The monoisotopic (exact) mass is 312 g/mol. The smallest absolute Gasteiger partial charge is 0.177 e. The largest absolute Gasteiger partial charge is 0.396 e. The Hall–Kier alpha value is -1.27. The van der Waals surface area contributed by atoms with E-state index in [9.17, 15) is 8.42 Å². The number of benzene rings is 1. The highest BCUT2D eigenvalue weighted by atomic mass is 32.2. The molecule has 1 aliphatic rings. The van der Waals surface area contributed by atoms with Crippen LogP contribution in [0.25, 0.3) is 0 Å². The van der Waals surface area contributed by atoms with E-state index in [1.54, 1.807) is 12.1 Å². The van der Waals surface area contributed by atoms with Crippen molar-refractivity contribution in [1.82, 2.24) is 0 Å². The van der Waals surface area contributed by atoms with Crippen LogP contribution in [0, 0.1) is 0 Å². The quantitative estimate of drug-likeness (QED) is 0.623. The summed E-state index contributed by atoms with van der Waals surface area (Å²) in [5.41, 5.74) is 6.83. The summed E-state index contributed by atoms with van der Waals surface area (Å²) in [4.78, 5) is 0.167. The Morgan fingerprint density at radius 3 is 2.67 bits per heavy atom. The Kier molecular flexibility index (Phi) is 5.47. The highest BCUT2D eigenvalue weighted by Crippen LogP contribution is 2.26. The van der Waals surface area contributed by atoms with Crippen molar-refractivity contribution in [3.63, 3.8) is 0 Å². The molecule has 1 aromatic rings. The molecule has 0 aromatic heterocycles.